The molecule has 3 aromatic rings. The lowest BCUT2D eigenvalue weighted by atomic mass is 9.94. The zero-order valence-corrected chi connectivity index (χ0v) is 18.2. The molecule has 30 heavy (non-hydrogen) atoms. The van der Waals surface area contributed by atoms with Crippen molar-refractivity contribution in [2.75, 3.05) is 7.11 Å². The molecule has 0 bridgehead atoms. The summed E-state index contributed by atoms with van der Waals surface area (Å²) >= 11 is 0. The Hall–Kier alpha value is -2.79. The number of hydrogen-bond donors (Lipinski definition) is 2. The third kappa shape index (κ3) is 3.94. The van der Waals surface area contributed by atoms with E-state index in [1.165, 1.54) is 22.0 Å². The summed E-state index contributed by atoms with van der Waals surface area (Å²) in [5, 5.41) is 8.10. The summed E-state index contributed by atoms with van der Waals surface area (Å²) < 4.78 is 7.59. The fraction of sp³-hybridized carbons (Fsp3) is 0.400. The van der Waals surface area contributed by atoms with Crippen LogP contribution < -0.4 is 15.4 Å². The molecule has 0 saturated heterocycles. The van der Waals surface area contributed by atoms with Crippen LogP contribution in [0.4, 0.5) is 0 Å². The fourth-order valence-electron chi connectivity index (χ4n) is 4.62. The first-order valence-corrected chi connectivity index (χ1v) is 10.7. The van der Waals surface area contributed by atoms with Gasteiger partial charge >= 0.3 is 0 Å². The number of hydrogen-bond acceptors (Lipinski definition) is 3. The largest absolute Gasteiger partial charge is 0.496 e. The number of nitrogens with zero attached hydrogens (tertiary/aromatic N) is 1. The van der Waals surface area contributed by atoms with Crippen molar-refractivity contribution in [2.45, 2.75) is 45.3 Å². The first-order valence-electron chi connectivity index (χ1n) is 10.7. The molecule has 158 valence electrons. The van der Waals surface area contributed by atoms with Crippen LogP contribution in [0.25, 0.3) is 10.9 Å². The molecule has 0 spiro atoms. The zero-order chi connectivity index (χ0) is 21.3. The molecule has 1 amide bonds. The number of methoxy groups -OCH3 is 1. The number of carbonyl (C=O) groups excluding carboxylic acids is 1. The summed E-state index contributed by atoms with van der Waals surface area (Å²) in [5.41, 5.74) is 4.75. The zero-order valence-electron chi connectivity index (χ0n) is 18.2. The highest BCUT2D eigenvalue weighted by Gasteiger charge is 2.30. The van der Waals surface area contributed by atoms with E-state index in [1.54, 1.807) is 7.11 Å². The highest BCUT2D eigenvalue weighted by Crippen LogP contribution is 2.35. The van der Waals surface area contributed by atoms with Crippen LogP contribution in [0.15, 0.2) is 48.7 Å². The molecule has 1 aliphatic rings. The standard InChI is InChI=1S/C25H31N3O2/c1-16(2)12-20-19-9-7-10-22-24(19)18(15-28(22)3)13-21(27-20)25(29)26-14-17-8-5-6-11-23(17)30-4/h5-11,15-16,20-21,27H,12-14H2,1-4H3,(H,26,29)/t20-,21-/m0/s1. The Morgan fingerprint density at radius 3 is 2.80 bits per heavy atom. The normalized spacial score (nSPS) is 18.4. The summed E-state index contributed by atoms with van der Waals surface area (Å²) in [6, 6.07) is 14.2. The molecule has 0 aliphatic carbocycles. The molecular formula is C25H31N3O2. The van der Waals surface area contributed by atoms with Gasteiger partial charge in [-0.3, -0.25) is 10.1 Å². The number of carbonyl (C=O) groups is 1. The molecule has 1 aromatic heterocycles. The molecule has 0 radical (unpaired) electrons. The number of benzene rings is 2. The van der Waals surface area contributed by atoms with Gasteiger partial charge in [-0.15, -0.1) is 0 Å². The second-order valence-electron chi connectivity index (χ2n) is 8.64. The van der Waals surface area contributed by atoms with Crippen molar-refractivity contribution in [1.82, 2.24) is 15.2 Å². The van der Waals surface area contributed by atoms with Crippen LogP contribution in [0.2, 0.25) is 0 Å². The highest BCUT2D eigenvalue weighted by atomic mass is 16.5. The van der Waals surface area contributed by atoms with Crippen LogP contribution in [-0.2, 0) is 24.8 Å². The summed E-state index contributed by atoms with van der Waals surface area (Å²) in [5.74, 6) is 1.35. The molecule has 1 aliphatic heterocycles. The molecule has 2 heterocycles. The van der Waals surface area contributed by atoms with E-state index in [9.17, 15) is 4.79 Å². The van der Waals surface area contributed by atoms with Crippen LogP contribution in [0, 0.1) is 5.92 Å². The van der Waals surface area contributed by atoms with E-state index in [-0.39, 0.29) is 18.0 Å². The maximum atomic E-state index is 13.2. The summed E-state index contributed by atoms with van der Waals surface area (Å²) in [6.07, 6.45) is 3.85. The molecule has 2 N–H and O–H groups in total. The Balaban J connectivity index is 1.60. The Kier molecular flexibility index (Phi) is 5.82. The second-order valence-corrected chi connectivity index (χ2v) is 8.64. The quantitative estimate of drug-likeness (QED) is 0.649. The van der Waals surface area contributed by atoms with Gasteiger partial charge in [0.2, 0.25) is 5.91 Å². The van der Waals surface area contributed by atoms with Crippen molar-refractivity contribution in [2.24, 2.45) is 13.0 Å². The molecule has 5 heteroatoms. The van der Waals surface area contributed by atoms with Crippen molar-refractivity contribution >= 4 is 16.8 Å². The number of rotatable bonds is 6. The number of aromatic nitrogens is 1. The first kappa shape index (κ1) is 20.5. The van der Waals surface area contributed by atoms with E-state index in [2.05, 4.69) is 60.5 Å². The van der Waals surface area contributed by atoms with Crippen LogP contribution in [0.1, 0.15) is 43.0 Å². The van der Waals surface area contributed by atoms with Gasteiger partial charge in [0.1, 0.15) is 5.75 Å². The SMILES string of the molecule is COc1ccccc1CNC(=O)[C@@H]1Cc2cn(C)c3cccc(c23)[C@H](CC(C)C)N1. The van der Waals surface area contributed by atoms with E-state index in [1.807, 2.05) is 24.3 Å². The fourth-order valence-corrected chi connectivity index (χ4v) is 4.62. The predicted octanol–water partition coefficient (Wildman–Crippen LogP) is 4.10. The monoisotopic (exact) mass is 405 g/mol. The number of nitrogens with one attached hydrogen (secondary N) is 2. The highest BCUT2D eigenvalue weighted by molar-refractivity contribution is 5.90. The Morgan fingerprint density at radius 2 is 2.03 bits per heavy atom. The molecule has 4 rings (SSSR count). The van der Waals surface area contributed by atoms with Crippen molar-refractivity contribution in [3.8, 4) is 5.75 Å². The van der Waals surface area contributed by atoms with Crippen molar-refractivity contribution in [1.29, 1.82) is 0 Å². The van der Waals surface area contributed by atoms with Gasteiger partial charge in [0, 0.05) is 42.3 Å². The number of ether oxygens (including phenoxy) is 1. The minimum absolute atomic E-state index is 0.0273. The van der Waals surface area contributed by atoms with Gasteiger partial charge in [-0.1, -0.05) is 44.2 Å². The average Bonchev–Trinajstić information content (AvgIpc) is 2.97. The first-order chi connectivity index (χ1) is 14.5. The van der Waals surface area contributed by atoms with E-state index >= 15 is 0 Å². The molecule has 0 saturated carbocycles. The summed E-state index contributed by atoms with van der Waals surface area (Å²) in [7, 11) is 3.74. The van der Waals surface area contributed by atoms with Crippen LogP contribution >= 0.6 is 0 Å². The topological polar surface area (TPSA) is 55.3 Å². The Bertz CT molecular complexity index is 1050. The smallest absolute Gasteiger partial charge is 0.237 e. The minimum atomic E-state index is -0.276. The average molecular weight is 406 g/mol. The van der Waals surface area contributed by atoms with Gasteiger partial charge in [0.05, 0.1) is 13.2 Å². The van der Waals surface area contributed by atoms with E-state index in [0.717, 1.165) is 17.7 Å². The lowest BCUT2D eigenvalue weighted by Gasteiger charge is -2.25. The van der Waals surface area contributed by atoms with Gasteiger partial charge in [0.15, 0.2) is 0 Å². The van der Waals surface area contributed by atoms with Crippen molar-refractivity contribution in [3.63, 3.8) is 0 Å². The Morgan fingerprint density at radius 1 is 1.23 bits per heavy atom. The van der Waals surface area contributed by atoms with Gasteiger partial charge in [-0.25, -0.2) is 0 Å². The molecule has 0 fully saturated rings. The predicted molar refractivity (Wildman–Crippen MR) is 121 cm³/mol. The molecule has 5 nitrogen and oxygen atoms in total. The van der Waals surface area contributed by atoms with Crippen LogP contribution in [0.3, 0.4) is 0 Å². The van der Waals surface area contributed by atoms with Crippen molar-refractivity contribution in [3.05, 3.63) is 65.4 Å². The van der Waals surface area contributed by atoms with Crippen LogP contribution in [-0.4, -0.2) is 23.6 Å². The van der Waals surface area contributed by atoms with E-state index in [4.69, 9.17) is 4.74 Å². The van der Waals surface area contributed by atoms with E-state index < -0.39 is 0 Å². The second kappa shape index (κ2) is 8.52. The Labute approximate surface area is 178 Å². The molecule has 2 atom stereocenters. The van der Waals surface area contributed by atoms with Gasteiger partial charge < -0.3 is 14.6 Å². The third-order valence-corrected chi connectivity index (χ3v) is 6.00. The summed E-state index contributed by atoms with van der Waals surface area (Å²) in [6.45, 7) is 4.91. The van der Waals surface area contributed by atoms with Crippen molar-refractivity contribution < 1.29 is 9.53 Å². The minimum Gasteiger partial charge on any atom is -0.496 e. The number of para-hydroxylation sites is 1. The molecular weight excluding hydrogens is 374 g/mol. The maximum absolute atomic E-state index is 13.2. The lowest BCUT2D eigenvalue weighted by molar-refractivity contribution is -0.123. The van der Waals surface area contributed by atoms with Gasteiger partial charge in [-0.05, 0) is 42.0 Å². The number of aryl methyl sites for hydroxylation is 1. The van der Waals surface area contributed by atoms with Gasteiger partial charge in [0.25, 0.3) is 0 Å². The van der Waals surface area contributed by atoms with Gasteiger partial charge in [-0.2, -0.15) is 0 Å². The van der Waals surface area contributed by atoms with E-state index in [0.29, 0.717) is 18.9 Å². The van der Waals surface area contributed by atoms with Crippen LogP contribution in [0.5, 0.6) is 5.75 Å². The number of amides is 1. The lowest BCUT2D eigenvalue weighted by Crippen LogP contribution is -2.46. The summed E-state index contributed by atoms with van der Waals surface area (Å²) in [4.78, 5) is 13.2. The maximum Gasteiger partial charge on any atom is 0.237 e. The molecule has 0 unspecified atom stereocenters. The molecule has 2 aromatic carbocycles. The third-order valence-electron chi connectivity index (χ3n) is 6.00.